The zero-order valence-corrected chi connectivity index (χ0v) is 22.6. The van der Waals surface area contributed by atoms with Crippen LogP contribution in [0, 0.1) is 0 Å². The van der Waals surface area contributed by atoms with Crippen molar-refractivity contribution in [1.82, 2.24) is 20.0 Å². The van der Waals surface area contributed by atoms with Gasteiger partial charge in [0.05, 0.1) is 29.8 Å². The molecule has 0 saturated carbocycles. The molecule has 4 rings (SSSR count). The molecular weight excluding hydrogens is 499 g/mol. The van der Waals surface area contributed by atoms with Gasteiger partial charge >= 0.3 is 0 Å². The quantitative estimate of drug-likeness (QED) is 0.420. The van der Waals surface area contributed by atoms with Crippen molar-refractivity contribution in [2.24, 2.45) is 0 Å². The van der Waals surface area contributed by atoms with Gasteiger partial charge in [-0.05, 0) is 57.0 Å². The first-order valence-corrected chi connectivity index (χ1v) is 12.5. The lowest BCUT2D eigenvalue weighted by atomic mass is 10.00. The molecule has 1 saturated heterocycles. The van der Waals surface area contributed by atoms with Crippen LogP contribution in [-0.2, 0) is 22.5 Å². The third kappa shape index (κ3) is 6.09. The predicted octanol–water partition coefficient (Wildman–Crippen LogP) is 4.07. The van der Waals surface area contributed by atoms with Crippen LogP contribution in [0.2, 0.25) is 5.02 Å². The first-order chi connectivity index (χ1) is 16.8. The maximum Gasteiger partial charge on any atom is 0.274 e. The van der Waals surface area contributed by atoms with Gasteiger partial charge in [0.15, 0.2) is 0 Å². The number of aromatic nitrogens is 2. The van der Waals surface area contributed by atoms with E-state index >= 15 is 0 Å². The Morgan fingerprint density at radius 1 is 1.17 bits per heavy atom. The monoisotopic (exact) mass is 532 g/mol. The van der Waals surface area contributed by atoms with E-state index in [9.17, 15) is 9.59 Å². The van der Waals surface area contributed by atoms with Gasteiger partial charge in [-0.15, -0.1) is 12.4 Å². The number of amides is 1. The Kier molecular flexibility index (Phi) is 9.53. The highest BCUT2D eigenvalue weighted by atomic mass is 35.5. The number of hydrogen-bond donors (Lipinski definition) is 1. The number of halogens is 2. The SMILES string of the molecule is COCCNC(=O)C(C)(C)N1CCC[C@@H]1Cn1nc(Cc2ccc(Cl)cc2)c2ccccc2c1=O.Cl. The van der Waals surface area contributed by atoms with E-state index in [4.69, 9.17) is 21.4 Å². The summed E-state index contributed by atoms with van der Waals surface area (Å²) in [6.45, 7) is 6.06. The van der Waals surface area contributed by atoms with Gasteiger partial charge in [-0.25, -0.2) is 4.68 Å². The van der Waals surface area contributed by atoms with Crippen LogP contribution in [0.5, 0.6) is 0 Å². The van der Waals surface area contributed by atoms with Crippen molar-refractivity contribution in [3.05, 3.63) is 75.2 Å². The number of nitrogens with one attached hydrogen (secondary N) is 1. The Balaban J connectivity index is 0.00000361. The number of nitrogens with zero attached hydrogens (tertiary/aromatic N) is 3. The Labute approximate surface area is 223 Å². The fourth-order valence-corrected chi connectivity index (χ4v) is 5.06. The first-order valence-electron chi connectivity index (χ1n) is 12.1. The Bertz CT molecular complexity index is 1240. The molecule has 1 atom stereocenters. The van der Waals surface area contributed by atoms with Crippen LogP contribution in [-0.4, -0.2) is 59.0 Å². The van der Waals surface area contributed by atoms with Crippen molar-refractivity contribution in [2.75, 3.05) is 26.8 Å². The largest absolute Gasteiger partial charge is 0.383 e. The third-order valence-electron chi connectivity index (χ3n) is 6.86. The zero-order chi connectivity index (χ0) is 25.0. The summed E-state index contributed by atoms with van der Waals surface area (Å²) in [5, 5.41) is 10.0. The topological polar surface area (TPSA) is 76.5 Å². The molecule has 1 fully saturated rings. The molecule has 0 bridgehead atoms. The van der Waals surface area contributed by atoms with E-state index in [1.54, 1.807) is 11.8 Å². The summed E-state index contributed by atoms with van der Waals surface area (Å²) in [6.07, 6.45) is 2.47. The fourth-order valence-electron chi connectivity index (χ4n) is 4.93. The normalized spacial score (nSPS) is 16.2. The predicted molar refractivity (Wildman–Crippen MR) is 146 cm³/mol. The van der Waals surface area contributed by atoms with E-state index in [1.807, 2.05) is 62.4 Å². The van der Waals surface area contributed by atoms with Gasteiger partial charge in [-0.2, -0.15) is 5.10 Å². The van der Waals surface area contributed by atoms with Gasteiger partial charge in [-0.3, -0.25) is 14.5 Å². The second-order valence-electron chi connectivity index (χ2n) is 9.58. The minimum absolute atomic E-state index is 0. The number of fused-ring (bicyclic) bond motifs is 1. The van der Waals surface area contributed by atoms with E-state index in [2.05, 4.69) is 10.2 Å². The van der Waals surface area contributed by atoms with Crippen LogP contribution < -0.4 is 10.9 Å². The van der Waals surface area contributed by atoms with Crippen LogP contribution in [0.3, 0.4) is 0 Å². The average Bonchev–Trinajstić information content (AvgIpc) is 3.32. The van der Waals surface area contributed by atoms with Gasteiger partial charge < -0.3 is 10.1 Å². The van der Waals surface area contributed by atoms with E-state index < -0.39 is 5.54 Å². The number of benzene rings is 2. The van der Waals surface area contributed by atoms with E-state index in [0.29, 0.717) is 36.5 Å². The molecule has 2 heterocycles. The summed E-state index contributed by atoms with van der Waals surface area (Å²) in [6, 6.07) is 15.4. The summed E-state index contributed by atoms with van der Waals surface area (Å²) in [7, 11) is 1.61. The van der Waals surface area contributed by atoms with Crippen LogP contribution in [0.4, 0.5) is 0 Å². The van der Waals surface area contributed by atoms with E-state index in [-0.39, 0.29) is 29.9 Å². The highest BCUT2D eigenvalue weighted by Crippen LogP contribution is 2.28. The van der Waals surface area contributed by atoms with Gasteiger partial charge in [0, 0.05) is 36.5 Å². The molecule has 0 aliphatic carbocycles. The first kappa shape index (κ1) is 28.1. The number of hydrogen-bond acceptors (Lipinski definition) is 5. The molecule has 1 N–H and O–H groups in total. The molecular formula is C27H34Cl2N4O3. The van der Waals surface area contributed by atoms with Gasteiger partial charge in [0.25, 0.3) is 5.56 Å². The number of carbonyl (C=O) groups excluding carboxylic acids is 1. The molecule has 1 aliphatic rings. The average molecular weight is 534 g/mol. The van der Waals surface area contributed by atoms with E-state index in [1.165, 1.54) is 0 Å². The third-order valence-corrected chi connectivity index (χ3v) is 7.11. The van der Waals surface area contributed by atoms with Crippen LogP contribution in [0.1, 0.15) is 37.9 Å². The second kappa shape index (κ2) is 12.2. The Morgan fingerprint density at radius 2 is 1.86 bits per heavy atom. The molecule has 1 aliphatic heterocycles. The molecule has 2 aromatic carbocycles. The lowest BCUT2D eigenvalue weighted by molar-refractivity contribution is -0.132. The van der Waals surface area contributed by atoms with Crippen molar-refractivity contribution < 1.29 is 9.53 Å². The zero-order valence-electron chi connectivity index (χ0n) is 21.0. The van der Waals surface area contributed by atoms with Crippen LogP contribution >= 0.6 is 24.0 Å². The molecule has 9 heteroatoms. The van der Waals surface area contributed by atoms with Crippen LogP contribution in [0.25, 0.3) is 10.8 Å². The standard InChI is InChI=1S/C27H33ClN4O3.ClH/c1-27(2,26(34)29-14-16-35-3)31-15-6-7-21(31)18-32-25(33)23-9-5-4-8-22(23)24(30-32)17-19-10-12-20(28)13-11-19;/h4-5,8-13,21H,6-7,14-18H2,1-3H3,(H,29,34);1H/t21-;/m1./s1. The molecule has 7 nitrogen and oxygen atoms in total. The number of carbonyl (C=O) groups is 1. The summed E-state index contributed by atoms with van der Waals surface area (Å²) in [4.78, 5) is 28.6. The molecule has 0 radical (unpaired) electrons. The number of methoxy groups -OCH3 is 1. The second-order valence-corrected chi connectivity index (χ2v) is 10.0. The molecule has 1 aromatic heterocycles. The highest BCUT2D eigenvalue weighted by Gasteiger charge is 2.41. The minimum Gasteiger partial charge on any atom is -0.383 e. The lowest BCUT2D eigenvalue weighted by Gasteiger charge is -2.38. The summed E-state index contributed by atoms with van der Waals surface area (Å²) in [5.41, 5.74) is 1.12. The molecule has 1 amide bonds. The van der Waals surface area contributed by atoms with Crippen molar-refractivity contribution in [2.45, 2.75) is 51.2 Å². The Morgan fingerprint density at radius 3 is 2.56 bits per heavy atom. The van der Waals surface area contributed by atoms with Gasteiger partial charge in [0.1, 0.15) is 0 Å². The highest BCUT2D eigenvalue weighted by molar-refractivity contribution is 6.30. The van der Waals surface area contributed by atoms with Crippen molar-refractivity contribution >= 4 is 40.7 Å². The van der Waals surface area contributed by atoms with Crippen molar-refractivity contribution in [3.63, 3.8) is 0 Å². The van der Waals surface area contributed by atoms with Gasteiger partial charge in [-0.1, -0.05) is 41.9 Å². The summed E-state index contributed by atoms with van der Waals surface area (Å²) >= 11 is 6.06. The Hall–Kier alpha value is -2.45. The molecule has 36 heavy (non-hydrogen) atoms. The minimum atomic E-state index is -0.707. The fraction of sp³-hybridized carbons (Fsp3) is 0.444. The van der Waals surface area contributed by atoms with Crippen LogP contribution in [0.15, 0.2) is 53.3 Å². The number of rotatable bonds is 9. The van der Waals surface area contributed by atoms with Crippen molar-refractivity contribution in [3.8, 4) is 0 Å². The molecule has 194 valence electrons. The summed E-state index contributed by atoms with van der Waals surface area (Å²) in [5.74, 6) is -0.0382. The van der Waals surface area contributed by atoms with Crippen molar-refractivity contribution in [1.29, 1.82) is 0 Å². The number of ether oxygens (including phenoxy) is 1. The van der Waals surface area contributed by atoms with Gasteiger partial charge in [0.2, 0.25) is 5.91 Å². The van der Waals surface area contributed by atoms with E-state index in [0.717, 1.165) is 36.0 Å². The molecule has 0 unspecified atom stereocenters. The molecule has 3 aromatic rings. The smallest absolute Gasteiger partial charge is 0.274 e. The molecule has 0 spiro atoms. The number of likely N-dealkylation sites (tertiary alicyclic amines) is 1. The lowest BCUT2D eigenvalue weighted by Crippen LogP contribution is -2.57. The maximum atomic E-state index is 13.4. The summed E-state index contributed by atoms with van der Waals surface area (Å²) < 4.78 is 6.65. The maximum absolute atomic E-state index is 13.4.